The highest BCUT2D eigenvalue weighted by molar-refractivity contribution is 5.69. The van der Waals surface area contributed by atoms with Crippen molar-refractivity contribution < 1.29 is 19.1 Å². The third kappa shape index (κ3) is 13.8. The van der Waals surface area contributed by atoms with Crippen molar-refractivity contribution in [2.45, 2.75) is 77.7 Å². The zero-order valence-electron chi connectivity index (χ0n) is 16.7. The highest BCUT2D eigenvalue weighted by Crippen LogP contribution is 2.10. The van der Waals surface area contributed by atoms with Crippen molar-refractivity contribution in [3.63, 3.8) is 0 Å². The van der Waals surface area contributed by atoms with Crippen LogP contribution in [0.2, 0.25) is 0 Å². The highest BCUT2D eigenvalue weighted by atomic mass is 16.6. The lowest BCUT2D eigenvalue weighted by atomic mass is 10.1. The minimum atomic E-state index is -0.506. The fourth-order valence-electron chi connectivity index (χ4n) is 2.74. The first-order valence-corrected chi connectivity index (χ1v) is 10.3. The number of carbonyl (C=O) groups is 2. The van der Waals surface area contributed by atoms with E-state index in [0.717, 1.165) is 18.4 Å². The Morgan fingerprint density at radius 1 is 0.852 bits per heavy atom. The lowest BCUT2D eigenvalue weighted by Gasteiger charge is -2.08. The molecule has 0 heterocycles. The number of nitrogens with one attached hydrogen (secondary N) is 1. The first kappa shape index (κ1) is 23.0. The van der Waals surface area contributed by atoms with Gasteiger partial charge in [0.25, 0.3) is 0 Å². The summed E-state index contributed by atoms with van der Waals surface area (Å²) in [7, 11) is 0. The van der Waals surface area contributed by atoms with Crippen LogP contribution in [0, 0.1) is 0 Å². The number of unbranched alkanes of at least 4 members (excludes halogenated alkanes) is 8. The van der Waals surface area contributed by atoms with Crippen molar-refractivity contribution in [3.05, 3.63) is 35.9 Å². The summed E-state index contributed by atoms with van der Waals surface area (Å²) in [6.45, 7) is 2.89. The first-order valence-electron chi connectivity index (χ1n) is 10.3. The lowest BCUT2D eigenvalue weighted by molar-refractivity contribution is -0.143. The summed E-state index contributed by atoms with van der Waals surface area (Å²) < 4.78 is 10.2. The lowest BCUT2D eigenvalue weighted by Crippen LogP contribution is -2.28. The number of ether oxygens (including phenoxy) is 2. The van der Waals surface area contributed by atoms with E-state index in [9.17, 15) is 9.59 Å². The van der Waals surface area contributed by atoms with Crippen molar-refractivity contribution in [2.24, 2.45) is 0 Å². The summed E-state index contributed by atoms with van der Waals surface area (Å²) >= 11 is 0. The van der Waals surface area contributed by atoms with Gasteiger partial charge < -0.3 is 14.8 Å². The summed E-state index contributed by atoms with van der Waals surface area (Å²) in [6.07, 6.45) is 10.9. The van der Waals surface area contributed by atoms with Gasteiger partial charge in [-0.15, -0.1) is 0 Å². The minimum Gasteiger partial charge on any atom is -0.464 e. The van der Waals surface area contributed by atoms with Crippen LogP contribution >= 0.6 is 0 Å². The Hall–Kier alpha value is -2.04. The van der Waals surface area contributed by atoms with E-state index in [1.54, 1.807) is 0 Å². The van der Waals surface area contributed by atoms with Gasteiger partial charge in [0.2, 0.25) is 0 Å². The Morgan fingerprint density at radius 3 is 2.15 bits per heavy atom. The van der Waals surface area contributed by atoms with Gasteiger partial charge in [-0.05, 0) is 12.0 Å². The quantitative estimate of drug-likeness (QED) is 0.329. The standard InChI is InChI=1S/C22H35NO4/c1-2-3-4-5-6-7-8-9-13-16-21(24)26-18-17-23-22(25)27-19-20-14-11-10-12-15-20/h10-12,14-15H,2-9,13,16-19H2,1H3,(H,23,25). The molecule has 1 aromatic carbocycles. The van der Waals surface area contributed by atoms with Gasteiger partial charge in [-0.1, -0.05) is 88.6 Å². The fourth-order valence-corrected chi connectivity index (χ4v) is 2.74. The molecule has 152 valence electrons. The molecule has 0 fully saturated rings. The predicted molar refractivity (Wildman–Crippen MR) is 107 cm³/mol. The second-order valence-electron chi connectivity index (χ2n) is 6.79. The van der Waals surface area contributed by atoms with Gasteiger partial charge in [0.1, 0.15) is 13.2 Å². The molecule has 0 aromatic heterocycles. The molecular weight excluding hydrogens is 342 g/mol. The molecule has 1 N–H and O–H groups in total. The molecule has 0 saturated heterocycles. The molecule has 5 heteroatoms. The van der Waals surface area contributed by atoms with E-state index in [2.05, 4.69) is 12.2 Å². The molecule has 0 aliphatic heterocycles. The zero-order chi connectivity index (χ0) is 19.6. The van der Waals surface area contributed by atoms with E-state index >= 15 is 0 Å². The number of carbonyl (C=O) groups excluding carboxylic acids is 2. The van der Waals surface area contributed by atoms with Crippen LogP contribution in [-0.4, -0.2) is 25.2 Å². The van der Waals surface area contributed by atoms with Crippen molar-refractivity contribution in [1.82, 2.24) is 5.32 Å². The van der Waals surface area contributed by atoms with Gasteiger partial charge in [0.15, 0.2) is 0 Å². The number of amides is 1. The maximum atomic E-state index is 11.6. The molecular formula is C22H35NO4. The Morgan fingerprint density at radius 2 is 1.48 bits per heavy atom. The van der Waals surface area contributed by atoms with Crippen molar-refractivity contribution >= 4 is 12.1 Å². The van der Waals surface area contributed by atoms with E-state index < -0.39 is 6.09 Å². The molecule has 0 aliphatic carbocycles. The van der Waals surface area contributed by atoms with Crippen molar-refractivity contribution in [3.8, 4) is 0 Å². The third-order valence-electron chi connectivity index (χ3n) is 4.33. The van der Waals surface area contributed by atoms with Crippen LogP contribution in [0.4, 0.5) is 4.79 Å². The van der Waals surface area contributed by atoms with Crippen LogP contribution in [0.15, 0.2) is 30.3 Å². The molecule has 0 bridgehead atoms. The number of alkyl carbamates (subject to hydrolysis) is 1. The summed E-state index contributed by atoms with van der Waals surface area (Å²) in [5.41, 5.74) is 0.931. The summed E-state index contributed by atoms with van der Waals surface area (Å²) in [6, 6.07) is 9.48. The van der Waals surface area contributed by atoms with E-state index in [4.69, 9.17) is 9.47 Å². The van der Waals surface area contributed by atoms with Gasteiger partial charge in [-0.2, -0.15) is 0 Å². The Bertz CT molecular complexity index is 504. The molecule has 27 heavy (non-hydrogen) atoms. The maximum Gasteiger partial charge on any atom is 0.407 e. The van der Waals surface area contributed by atoms with Crippen LogP contribution in [-0.2, 0) is 20.9 Å². The van der Waals surface area contributed by atoms with E-state index in [-0.39, 0.29) is 25.7 Å². The largest absolute Gasteiger partial charge is 0.464 e. The number of esters is 1. The van der Waals surface area contributed by atoms with Crippen LogP contribution in [0.3, 0.4) is 0 Å². The van der Waals surface area contributed by atoms with Gasteiger partial charge >= 0.3 is 12.1 Å². The van der Waals surface area contributed by atoms with Gasteiger partial charge in [0.05, 0.1) is 6.54 Å². The smallest absolute Gasteiger partial charge is 0.407 e. The molecule has 1 rings (SSSR count). The predicted octanol–water partition coefficient (Wildman–Crippen LogP) is 5.38. The van der Waals surface area contributed by atoms with Crippen LogP contribution in [0.25, 0.3) is 0 Å². The highest BCUT2D eigenvalue weighted by Gasteiger charge is 2.05. The second kappa shape index (κ2) is 16.2. The average Bonchev–Trinajstić information content (AvgIpc) is 2.69. The zero-order valence-corrected chi connectivity index (χ0v) is 16.7. The Kier molecular flexibility index (Phi) is 13.8. The fraction of sp³-hybridized carbons (Fsp3) is 0.636. The van der Waals surface area contributed by atoms with Gasteiger partial charge in [-0.3, -0.25) is 4.79 Å². The van der Waals surface area contributed by atoms with Gasteiger partial charge in [0, 0.05) is 6.42 Å². The molecule has 0 spiro atoms. The van der Waals surface area contributed by atoms with Crippen molar-refractivity contribution in [2.75, 3.05) is 13.2 Å². The van der Waals surface area contributed by atoms with E-state index in [1.807, 2.05) is 30.3 Å². The third-order valence-corrected chi connectivity index (χ3v) is 4.33. The molecule has 0 atom stereocenters. The minimum absolute atomic E-state index is 0.177. The van der Waals surface area contributed by atoms with Gasteiger partial charge in [-0.25, -0.2) is 4.79 Å². The summed E-state index contributed by atoms with van der Waals surface area (Å²) in [5, 5.41) is 2.57. The molecule has 1 amide bonds. The maximum absolute atomic E-state index is 11.6. The summed E-state index contributed by atoms with van der Waals surface area (Å²) in [4.78, 5) is 23.2. The monoisotopic (exact) mass is 377 g/mol. The van der Waals surface area contributed by atoms with E-state index in [0.29, 0.717) is 6.42 Å². The number of benzene rings is 1. The van der Waals surface area contributed by atoms with Crippen LogP contribution < -0.4 is 5.32 Å². The molecule has 5 nitrogen and oxygen atoms in total. The summed E-state index contributed by atoms with van der Waals surface area (Å²) in [5.74, 6) is -0.197. The van der Waals surface area contributed by atoms with Crippen LogP contribution in [0.1, 0.15) is 76.7 Å². The Labute approximate surface area is 163 Å². The molecule has 0 unspecified atom stereocenters. The molecule has 1 aromatic rings. The topological polar surface area (TPSA) is 64.6 Å². The molecule has 0 saturated carbocycles. The molecule has 0 aliphatic rings. The Balaban J connectivity index is 1.88. The van der Waals surface area contributed by atoms with Crippen molar-refractivity contribution in [1.29, 1.82) is 0 Å². The first-order chi connectivity index (χ1) is 13.2. The van der Waals surface area contributed by atoms with Crippen LogP contribution in [0.5, 0.6) is 0 Å². The normalized spacial score (nSPS) is 10.4. The number of hydrogen-bond acceptors (Lipinski definition) is 4. The average molecular weight is 378 g/mol. The second-order valence-corrected chi connectivity index (χ2v) is 6.79. The van der Waals surface area contributed by atoms with E-state index in [1.165, 1.54) is 44.9 Å². The SMILES string of the molecule is CCCCCCCCCCCC(=O)OCCNC(=O)OCc1ccccc1. The molecule has 0 radical (unpaired) electrons. The number of hydrogen-bond donors (Lipinski definition) is 1. The number of rotatable bonds is 15.